The highest BCUT2D eigenvalue weighted by atomic mass is 16.6. The topological polar surface area (TPSA) is 102 Å². The summed E-state index contributed by atoms with van der Waals surface area (Å²) in [6.07, 6.45) is 1.98. The van der Waals surface area contributed by atoms with Gasteiger partial charge in [-0.3, -0.25) is 19.7 Å². The van der Waals surface area contributed by atoms with E-state index in [-0.39, 0.29) is 23.9 Å². The lowest BCUT2D eigenvalue weighted by Gasteiger charge is -2.10. The second-order valence-electron chi connectivity index (χ2n) is 5.93. The average molecular weight is 356 g/mol. The van der Waals surface area contributed by atoms with Crippen molar-refractivity contribution < 1.29 is 19.2 Å². The molecule has 26 heavy (non-hydrogen) atoms. The third-order valence-corrected chi connectivity index (χ3v) is 4.05. The molecule has 1 aromatic heterocycles. The number of nitrogens with one attached hydrogen (secondary N) is 1. The smallest absolute Gasteiger partial charge is 0.269 e. The van der Waals surface area contributed by atoms with E-state index >= 15 is 0 Å². The second-order valence-corrected chi connectivity index (χ2v) is 5.93. The number of nitrogens with zero attached hydrogens (tertiary/aromatic N) is 1. The summed E-state index contributed by atoms with van der Waals surface area (Å²) in [5, 5.41) is 10.9. The van der Waals surface area contributed by atoms with Crippen LogP contribution < -0.4 is 4.74 Å². The van der Waals surface area contributed by atoms with Crippen LogP contribution in [0.4, 0.5) is 5.69 Å². The van der Waals surface area contributed by atoms with E-state index in [1.807, 2.05) is 0 Å². The van der Waals surface area contributed by atoms with Gasteiger partial charge in [0.05, 0.1) is 10.6 Å². The summed E-state index contributed by atoms with van der Waals surface area (Å²) in [6.45, 7) is 8.27. The first-order chi connectivity index (χ1) is 12.3. The predicted molar refractivity (Wildman–Crippen MR) is 97.1 cm³/mol. The molecule has 1 heterocycles. The Morgan fingerprint density at radius 1 is 1.35 bits per heavy atom. The third-order valence-electron chi connectivity index (χ3n) is 4.05. The summed E-state index contributed by atoms with van der Waals surface area (Å²) in [6, 6.07) is 4.20. The summed E-state index contributed by atoms with van der Waals surface area (Å²) < 4.78 is 5.58. The molecule has 0 saturated carbocycles. The minimum Gasteiger partial charge on any atom is -0.485 e. The fourth-order valence-corrected chi connectivity index (χ4v) is 2.91. The molecule has 7 heteroatoms. The molecule has 7 nitrogen and oxygen atoms in total. The number of nitro groups is 1. The Balaban J connectivity index is 2.22. The number of aromatic nitrogens is 1. The number of H-pyrrole nitrogens is 1. The van der Waals surface area contributed by atoms with Gasteiger partial charge in [0.25, 0.3) is 5.69 Å². The van der Waals surface area contributed by atoms with Gasteiger partial charge in [-0.25, -0.2) is 0 Å². The number of carbonyl (C=O) groups is 2. The maximum Gasteiger partial charge on any atom is 0.269 e. The molecule has 0 aliphatic carbocycles. The zero-order valence-corrected chi connectivity index (χ0v) is 14.9. The quantitative estimate of drug-likeness (QED) is 0.336. The molecule has 2 aromatic rings. The molecule has 136 valence electrons. The maximum atomic E-state index is 12.5. The second kappa shape index (κ2) is 7.77. The largest absolute Gasteiger partial charge is 0.485 e. The van der Waals surface area contributed by atoms with Gasteiger partial charge in [0, 0.05) is 29.0 Å². The molecule has 0 unspecified atom stereocenters. The van der Waals surface area contributed by atoms with Crippen molar-refractivity contribution in [2.75, 3.05) is 6.61 Å². The SMILES string of the molecule is C=CCc1cc([N+](=O)[O-])ccc1OCC(=O)c1[nH]c(C)c(C(C)=O)c1C. The van der Waals surface area contributed by atoms with Crippen molar-refractivity contribution in [1.82, 2.24) is 4.98 Å². The van der Waals surface area contributed by atoms with Crippen LogP contribution in [0.3, 0.4) is 0 Å². The van der Waals surface area contributed by atoms with E-state index in [0.29, 0.717) is 40.2 Å². The lowest BCUT2D eigenvalue weighted by atomic mass is 10.1. The van der Waals surface area contributed by atoms with Crippen LogP contribution in [-0.4, -0.2) is 28.1 Å². The summed E-state index contributed by atoms with van der Waals surface area (Å²) in [7, 11) is 0. The molecule has 0 bridgehead atoms. The summed E-state index contributed by atoms with van der Waals surface area (Å²) >= 11 is 0. The van der Waals surface area contributed by atoms with E-state index in [4.69, 9.17) is 4.74 Å². The number of hydrogen-bond acceptors (Lipinski definition) is 5. The van der Waals surface area contributed by atoms with Gasteiger partial charge in [-0.15, -0.1) is 6.58 Å². The van der Waals surface area contributed by atoms with Crippen LogP contribution in [0.25, 0.3) is 0 Å². The highest BCUT2D eigenvalue weighted by Gasteiger charge is 2.20. The van der Waals surface area contributed by atoms with Gasteiger partial charge < -0.3 is 9.72 Å². The Labute approximate surface area is 150 Å². The molecule has 0 aliphatic heterocycles. The van der Waals surface area contributed by atoms with E-state index in [1.54, 1.807) is 19.9 Å². The Bertz CT molecular complexity index is 896. The van der Waals surface area contributed by atoms with Crippen LogP contribution >= 0.6 is 0 Å². The molecular formula is C19H20N2O5. The summed E-state index contributed by atoms with van der Waals surface area (Å²) in [4.78, 5) is 37.5. The van der Waals surface area contributed by atoms with Crippen LogP contribution in [0, 0.1) is 24.0 Å². The minimum atomic E-state index is -0.490. The predicted octanol–water partition coefficient (Wildman–Crippen LogP) is 3.73. The van der Waals surface area contributed by atoms with E-state index in [9.17, 15) is 19.7 Å². The number of Topliss-reactive ketones (excluding diaryl/α,β-unsaturated/α-hetero) is 2. The normalized spacial score (nSPS) is 10.4. The van der Waals surface area contributed by atoms with Crippen molar-refractivity contribution in [3.05, 3.63) is 69.0 Å². The van der Waals surface area contributed by atoms with Gasteiger partial charge in [-0.2, -0.15) is 0 Å². The van der Waals surface area contributed by atoms with Crippen molar-refractivity contribution in [2.45, 2.75) is 27.2 Å². The van der Waals surface area contributed by atoms with Gasteiger partial charge in [0.2, 0.25) is 5.78 Å². The lowest BCUT2D eigenvalue weighted by molar-refractivity contribution is -0.384. The first kappa shape index (κ1) is 19.1. The summed E-state index contributed by atoms with van der Waals surface area (Å²) in [5.41, 5.74) is 2.60. The number of non-ortho nitro benzene ring substituents is 1. The highest BCUT2D eigenvalue weighted by molar-refractivity contribution is 6.03. The van der Waals surface area contributed by atoms with Crippen molar-refractivity contribution in [3.63, 3.8) is 0 Å². The molecule has 0 radical (unpaired) electrons. The molecule has 0 saturated heterocycles. The van der Waals surface area contributed by atoms with E-state index < -0.39 is 4.92 Å². The van der Waals surface area contributed by atoms with Gasteiger partial charge in [-0.05, 0) is 38.8 Å². The zero-order chi connectivity index (χ0) is 19.4. The van der Waals surface area contributed by atoms with Crippen molar-refractivity contribution in [1.29, 1.82) is 0 Å². The number of benzene rings is 1. The highest BCUT2D eigenvalue weighted by Crippen LogP contribution is 2.26. The molecular weight excluding hydrogens is 336 g/mol. The zero-order valence-electron chi connectivity index (χ0n) is 14.9. The number of rotatable bonds is 8. The van der Waals surface area contributed by atoms with E-state index in [1.165, 1.54) is 25.1 Å². The Morgan fingerprint density at radius 3 is 2.58 bits per heavy atom. The average Bonchev–Trinajstić information content (AvgIpc) is 2.88. The monoisotopic (exact) mass is 356 g/mol. The Hall–Kier alpha value is -3.22. The molecule has 1 aromatic carbocycles. The van der Waals surface area contributed by atoms with E-state index in [0.717, 1.165) is 0 Å². The van der Waals surface area contributed by atoms with Gasteiger partial charge in [-0.1, -0.05) is 6.08 Å². The maximum absolute atomic E-state index is 12.5. The first-order valence-corrected chi connectivity index (χ1v) is 8.00. The third kappa shape index (κ3) is 3.88. The van der Waals surface area contributed by atoms with Gasteiger partial charge >= 0.3 is 0 Å². The van der Waals surface area contributed by atoms with Crippen LogP contribution in [0.5, 0.6) is 5.75 Å². The molecule has 0 atom stereocenters. The molecule has 0 fully saturated rings. The fraction of sp³-hybridized carbons (Fsp3) is 0.263. The molecule has 1 N–H and O–H groups in total. The number of aromatic amines is 1. The number of hydrogen-bond donors (Lipinski definition) is 1. The number of ether oxygens (including phenoxy) is 1. The number of allylic oxidation sites excluding steroid dienone is 1. The van der Waals surface area contributed by atoms with Gasteiger partial charge in [0.15, 0.2) is 12.4 Å². The fourth-order valence-electron chi connectivity index (χ4n) is 2.91. The van der Waals surface area contributed by atoms with Crippen molar-refractivity contribution in [3.8, 4) is 5.75 Å². The van der Waals surface area contributed by atoms with E-state index in [2.05, 4.69) is 11.6 Å². The standard InChI is InChI=1S/C19H20N2O5/c1-5-6-14-9-15(21(24)25)7-8-17(14)26-10-16(23)19-11(2)18(13(4)22)12(3)20-19/h5,7-9,20H,1,6,10H2,2-4H3. The van der Waals surface area contributed by atoms with Crippen LogP contribution in [-0.2, 0) is 6.42 Å². The van der Waals surface area contributed by atoms with Crippen LogP contribution in [0.2, 0.25) is 0 Å². The Kier molecular flexibility index (Phi) is 5.71. The van der Waals surface area contributed by atoms with Crippen molar-refractivity contribution in [2.24, 2.45) is 0 Å². The molecule has 0 spiro atoms. The van der Waals surface area contributed by atoms with Crippen molar-refractivity contribution >= 4 is 17.3 Å². The minimum absolute atomic E-state index is 0.0533. The van der Waals surface area contributed by atoms with Crippen LogP contribution in [0.15, 0.2) is 30.9 Å². The van der Waals surface area contributed by atoms with Gasteiger partial charge in [0.1, 0.15) is 5.75 Å². The number of carbonyl (C=O) groups excluding carboxylic acids is 2. The number of aryl methyl sites for hydroxylation is 1. The summed E-state index contributed by atoms with van der Waals surface area (Å²) in [5.74, 6) is -0.0302. The lowest BCUT2D eigenvalue weighted by Crippen LogP contribution is -2.14. The first-order valence-electron chi connectivity index (χ1n) is 8.00. The number of nitro benzene ring substituents is 1. The molecule has 0 amide bonds. The number of ketones is 2. The molecule has 0 aliphatic rings. The molecule has 2 rings (SSSR count). The Morgan fingerprint density at radius 2 is 2.04 bits per heavy atom. The van der Waals surface area contributed by atoms with Crippen LogP contribution in [0.1, 0.15) is 44.6 Å².